The molecule has 0 saturated heterocycles. The van der Waals surface area contributed by atoms with E-state index in [1.807, 2.05) is 4.52 Å². The molecule has 0 unspecified atom stereocenters. The first-order valence-corrected chi connectivity index (χ1v) is 13.6. The quantitative estimate of drug-likeness (QED) is 0.250. The van der Waals surface area contributed by atoms with Gasteiger partial charge in [-0.3, -0.25) is 0 Å². The lowest BCUT2D eigenvalue weighted by atomic mass is 9.79. The van der Waals surface area contributed by atoms with Crippen LogP contribution < -0.4 is 0 Å². The summed E-state index contributed by atoms with van der Waals surface area (Å²) in [6.07, 6.45) is 4.29. The van der Waals surface area contributed by atoms with Crippen LogP contribution >= 0.6 is 0 Å². The molecule has 0 aliphatic heterocycles. The molecule has 4 heteroatoms. The van der Waals surface area contributed by atoms with Crippen molar-refractivity contribution in [3.05, 3.63) is 94.7 Å². The second kappa shape index (κ2) is 8.62. The molecule has 4 nitrogen and oxygen atoms in total. The molecule has 0 bridgehead atoms. The van der Waals surface area contributed by atoms with E-state index < -0.39 is 0 Å². The summed E-state index contributed by atoms with van der Waals surface area (Å²) in [4.78, 5) is 10.2. The van der Waals surface area contributed by atoms with Crippen molar-refractivity contribution in [2.75, 3.05) is 0 Å². The number of nitrogens with zero attached hydrogens (tertiary/aromatic N) is 4. The predicted molar refractivity (Wildman–Crippen MR) is 157 cm³/mol. The average molecular weight is 501 g/mol. The maximum absolute atomic E-state index is 5.11. The van der Waals surface area contributed by atoms with Crippen molar-refractivity contribution in [1.29, 1.82) is 0 Å². The van der Waals surface area contributed by atoms with E-state index in [1.54, 1.807) is 0 Å². The van der Waals surface area contributed by atoms with Crippen LogP contribution in [0, 0.1) is 13.8 Å². The van der Waals surface area contributed by atoms with Gasteiger partial charge in [0.1, 0.15) is 11.4 Å². The van der Waals surface area contributed by atoms with Gasteiger partial charge in [0, 0.05) is 16.7 Å². The van der Waals surface area contributed by atoms with Crippen molar-refractivity contribution < 1.29 is 0 Å². The van der Waals surface area contributed by atoms with E-state index in [0.717, 1.165) is 41.1 Å². The molecule has 6 rings (SSSR count). The first kappa shape index (κ1) is 24.5. The van der Waals surface area contributed by atoms with E-state index in [0.29, 0.717) is 5.78 Å². The Morgan fingerprint density at radius 2 is 1.39 bits per heavy atom. The van der Waals surface area contributed by atoms with Gasteiger partial charge in [0.15, 0.2) is 0 Å². The lowest BCUT2D eigenvalue weighted by Gasteiger charge is -2.25. The minimum Gasteiger partial charge on any atom is -0.209 e. The van der Waals surface area contributed by atoms with Crippen LogP contribution in [0.1, 0.15) is 68.9 Å². The van der Waals surface area contributed by atoms with Crippen LogP contribution in [0.4, 0.5) is 0 Å². The molecule has 0 N–H and O–H groups in total. The fraction of sp³-hybridized carbons (Fsp3) is 0.324. The van der Waals surface area contributed by atoms with Crippen LogP contribution in [0.3, 0.4) is 0 Å². The standard InChI is InChI=1S/C34H36N4/c1-21-8-12-23(13-9-21)30-31(24-14-10-22(2)11-15-24)37-38-20-29(35-32(38)36-30)27-18-25(33(3,4)5)19-28-26(27)16-17-34(28,6)7/h8-15,18-20H,16-17H2,1-7H3. The van der Waals surface area contributed by atoms with E-state index in [-0.39, 0.29) is 10.8 Å². The summed E-state index contributed by atoms with van der Waals surface area (Å²) in [6, 6.07) is 21.8. The molecule has 0 saturated carbocycles. The van der Waals surface area contributed by atoms with E-state index in [1.165, 1.54) is 33.4 Å². The molecule has 3 aromatic carbocycles. The highest BCUT2D eigenvalue weighted by Crippen LogP contribution is 2.45. The Labute approximate surface area is 225 Å². The number of benzene rings is 3. The lowest BCUT2D eigenvalue weighted by molar-refractivity contribution is 0.519. The molecule has 1 aliphatic rings. The van der Waals surface area contributed by atoms with Crippen LogP contribution in [-0.4, -0.2) is 19.6 Å². The van der Waals surface area contributed by atoms with Gasteiger partial charge in [-0.15, -0.1) is 0 Å². The number of imidazole rings is 1. The van der Waals surface area contributed by atoms with Crippen molar-refractivity contribution in [2.24, 2.45) is 0 Å². The van der Waals surface area contributed by atoms with Crippen LogP contribution in [0.25, 0.3) is 39.5 Å². The summed E-state index contributed by atoms with van der Waals surface area (Å²) in [5, 5.41) is 5.11. The third kappa shape index (κ3) is 4.22. The number of rotatable bonds is 3. The molecule has 38 heavy (non-hydrogen) atoms. The smallest absolute Gasteiger partial charge is 0.209 e. The number of hydrogen-bond acceptors (Lipinski definition) is 3. The second-order valence-electron chi connectivity index (χ2n) is 12.6. The summed E-state index contributed by atoms with van der Waals surface area (Å²) in [5.74, 6) is 0.624. The first-order chi connectivity index (χ1) is 18.0. The summed E-state index contributed by atoms with van der Waals surface area (Å²) in [5.41, 5.74) is 12.9. The molecule has 1 aliphatic carbocycles. The van der Waals surface area contributed by atoms with E-state index in [9.17, 15) is 0 Å². The highest BCUT2D eigenvalue weighted by atomic mass is 15.3. The number of fused-ring (bicyclic) bond motifs is 2. The summed E-state index contributed by atoms with van der Waals surface area (Å²) in [6.45, 7) is 15.8. The minimum atomic E-state index is 0.0509. The molecular formula is C34H36N4. The van der Waals surface area contributed by atoms with Crippen molar-refractivity contribution in [1.82, 2.24) is 19.6 Å². The number of aryl methyl sites for hydroxylation is 2. The fourth-order valence-corrected chi connectivity index (χ4v) is 5.55. The Morgan fingerprint density at radius 3 is 2.00 bits per heavy atom. The highest BCUT2D eigenvalue weighted by molar-refractivity contribution is 5.79. The minimum absolute atomic E-state index is 0.0509. The van der Waals surface area contributed by atoms with Gasteiger partial charge in [0.05, 0.1) is 11.9 Å². The monoisotopic (exact) mass is 500 g/mol. The third-order valence-electron chi connectivity index (χ3n) is 8.08. The van der Waals surface area contributed by atoms with Gasteiger partial charge in [0.2, 0.25) is 0 Å². The lowest BCUT2D eigenvalue weighted by Crippen LogP contribution is -2.16. The highest BCUT2D eigenvalue weighted by Gasteiger charge is 2.34. The van der Waals surface area contributed by atoms with Gasteiger partial charge in [-0.1, -0.05) is 100 Å². The predicted octanol–water partition coefficient (Wildman–Crippen LogP) is 8.26. The van der Waals surface area contributed by atoms with Gasteiger partial charge in [-0.25, -0.2) is 14.5 Å². The maximum Gasteiger partial charge on any atom is 0.251 e. The molecule has 2 aromatic heterocycles. The Kier molecular flexibility index (Phi) is 5.57. The van der Waals surface area contributed by atoms with Gasteiger partial charge >= 0.3 is 0 Å². The van der Waals surface area contributed by atoms with Gasteiger partial charge in [-0.2, -0.15) is 5.10 Å². The Balaban J connectivity index is 1.58. The zero-order valence-electron chi connectivity index (χ0n) is 23.6. The molecule has 192 valence electrons. The molecule has 5 aromatic rings. The van der Waals surface area contributed by atoms with Gasteiger partial charge < -0.3 is 0 Å². The third-order valence-corrected chi connectivity index (χ3v) is 8.08. The average Bonchev–Trinajstić information content (AvgIpc) is 3.43. The normalized spacial score (nSPS) is 14.7. The zero-order valence-corrected chi connectivity index (χ0v) is 23.6. The molecule has 2 heterocycles. The molecule has 0 radical (unpaired) electrons. The van der Waals surface area contributed by atoms with Crippen molar-refractivity contribution in [3.63, 3.8) is 0 Å². The fourth-order valence-electron chi connectivity index (χ4n) is 5.55. The van der Waals surface area contributed by atoms with Crippen LogP contribution in [0.15, 0.2) is 66.9 Å². The van der Waals surface area contributed by atoms with E-state index in [4.69, 9.17) is 15.1 Å². The second-order valence-corrected chi connectivity index (χ2v) is 12.6. The topological polar surface area (TPSA) is 43.1 Å². The largest absolute Gasteiger partial charge is 0.251 e. The first-order valence-electron chi connectivity index (χ1n) is 13.6. The Hall–Kier alpha value is -3.79. The summed E-state index contributed by atoms with van der Waals surface area (Å²) >= 11 is 0. The van der Waals surface area contributed by atoms with Gasteiger partial charge in [0.25, 0.3) is 5.78 Å². The van der Waals surface area contributed by atoms with Crippen LogP contribution in [0.2, 0.25) is 0 Å². The van der Waals surface area contributed by atoms with Gasteiger partial charge in [-0.05, 0) is 60.3 Å². The summed E-state index contributed by atoms with van der Waals surface area (Å²) in [7, 11) is 0. The molecule has 0 atom stereocenters. The Bertz CT molecular complexity index is 1580. The molecule has 0 spiro atoms. The summed E-state index contributed by atoms with van der Waals surface area (Å²) < 4.78 is 1.86. The van der Waals surface area contributed by atoms with E-state index >= 15 is 0 Å². The molecule has 0 amide bonds. The maximum atomic E-state index is 5.11. The number of hydrogen-bond donors (Lipinski definition) is 0. The Morgan fingerprint density at radius 1 is 0.789 bits per heavy atom. The molecule has 0 fully saturated rings. The van der Waals surface area contributed by atoms with E-state index in [2.05, 4.69) is 115 Å². The van der Waals surface area contributed by atoms with Crippen molar-refractivity contribution >= 4 is 5.78 Å². The zero-order chi connectivity index (χ0) is 26.8. The number of aromatic nitrogens is 4. The van der Waals surface area contributed by atoms with Crippen molar-refractivity contribution in [3.8, 4) is 33.8 Å². The van der Waals surface area contributed by atoms with Crippen LogP contribution in [-0.2, 0) is 17.3 Å². The van der Waals surface area contributed by atoms with Crippen LogP contribution in [0.5, 0.6) is 0 Å². The molecular weight excluding hydrogens is 464 g/mol. The van der Waals surface area contributed by atoms with Crippen molar-refractivity contribution in [2.45, 2.75) is 72.1 Å². The SMILES string of the molecule is Cc1ccc(-c2nc3nc(-c4cc(C(C)(C)C)cc5c4CCC5(C)C)cn3nc2-c2ccc(C)cc2)cc1.